The molecule has 0 spiro atoms. The van der Waals surface area contributed by atoms with E-state index in [1.807, 2.05) is 49.4 Å². The van der Waals surface area contributed by atoms with Crippen LogP contribution in [-0.2, 0) is 4.74 Å². The number of halogens is 1. The lowest BCUT2D eigenvalue weighted by Crippen LogP contribution is -2.36. The molecule has 6 nitrogen and oxygen atoms in total. The standard InChI is InChI=1S/C21H22ClN5O/c1-15-14-20(26-21(23-15)25-17-7-3-2-6-16(17)22)24-18-8-4-5-9-19(18)27-10-12-28-13-11-27/h2-9,14H,10-13H2,1H3,(H2,23,24,25,26). The highest BCUT2D eigenvalue weighted by Gasteiger charge is 2.15. The molecule has 1 fully saturated rings. The summed E-state index contributed by atoms with van der Waals surface area (Å²) in [5.74, 6) is 1.22. The molecule has 7 heteroatoms. The average Bonchev–Trinajstić information content (AvgIpc) is 2.70. The van der Waals surface area contributed by atoms with Gasteiger partial charge in [-0.1, -0.05) is 35.9 Å². The maximum Gasteiger partial charge on any atom is 0.229 e. The Hall–Kier alpha value is -2.83. The normalized spacial score (nSPS) is 14.0. The average molecular weight is 396 g/mol. The fraction of sp³-hybridized carbons (Fsp3) is 0.238. The van der Waals surface area contributed by atoms with E-state index < -0.39 is 0 Å². The first-order chi connectivity index (χ1) is 13.7. The number of benzene rings is 2. The molecule has 0 amide bonds. The summed E-state index contributed by atoms with van der Waals surface area (Å²) < 4.78 is 5.48. The molecule has 0 saturated carbocycles. The molecule has 1 saturated heterocycles. The van der Waals surface area contributed by atoms with Crippen LogP contribution in [0.3, 0.4) is 0 Å². The van der Waals surface area contributed by atoms with Crippen LogP contribution in [0.4, 0.5) is 28.8 Å². The van der Waals surface area contributed by atoms with Crippen LogP contribution in [0.25, 0.3) is 0 Å². The van der Waals surface area contributed by atoms with Crippen molar-refractivity contribution >= 4 is 40.4 Å². The third kappa shape index (κ3) is 4.35. The lowest BCUT2D eigenvalue weighted by molar-refractivity contribution is 0.123. The van der Waals surface area contributed by atoms with E-state index in [4.69, 9.17) is 16.3 Å². The van der Waals surface area contributed by atoms with Crippen molar-refractivity contribution in [1.29, 1.82) is 0 Å². The molecule has 2 N–H and O–H groups in total. The molecule has 1 aliphatic rings. The van der Waals surface area contributed by atoms with Crippen molar-refractivity contribution in [2.24, 2.45) is 0 Å². The van der Waals surface area contributed by atoms with E-state index >= 15 is 0 Å². The Morgan fingerprint density at radius 1 is 0.929 bits per heavy atom. The highest BCUT2D eigenvalue weighted by Crippen LogP contribution is 2.30. The van der Waals surface area contributed by atoms with Crippen LogP contribution in [0.2, 0.25) is 5.02 Å². The summed E-state index contributed by atoms with van der Waals surface area (Å²) in [4.78, 5) is 11.4. The summed E-state index contributed by atoms with van der Waals surface area (Å²) >= 11 is 6.24. The van der Waals surface area contributed by atoms with Crippen LogP contribution in [-0.4, -0.2) is 36.3 Å². The van der Waals surface area contributed by atoms with Gasteiger partial charge in [-0.3, -0.25) is 0 Å². The van der Waals surface area contributed by atoms with E-state index in [9.17, 15) is 0 Å². The number of nitrogens with zero attached hydrogens (tertiary/aromatic N) is 3. The number of rotatable bonds is 5. The molecule has 2 aromatic carbocycles. The zero-order chi connectivity index (χ0) is 19.3. The minimum Gasteiger partial charge on any atom is -0.378 e. The van der Waals surface area contributed by atoms with Crippen LogP contribution in [0.1, 0.15) is 5.69 Å². The van der Waals surface area contributed by atoms with E-state index in [1.54, 1.807) is 0 Å². The molecule has 1 aliphatic heterocycles. The third-order valence-electron chi connectivity index (χ3n) is 4.49. The van der Waals surface area contributed by atoms with Gasteiger partial charge in [0.1, 0.15) is 5.82 Å². The third-order valence-corrected chi connectivity index (χ3v) is 4.82. The van der Waals surface area contributed by atoms with E-state index in [-0.39, 0.29) is 0 Å². The molecular weight excluding hydrogens is 374 g/mol. The molecule has 0 atom stereocenters. The predicted molar refractivity (Wildman–Crippen MR) is 114 cm³/mol. The first kappa shape index (κ1) is 18.5. The second-order valence-corrected chi connectivity index (χ2v) is 6.97. The number of anilines is 5. The number of hydrogen-bond acceptors (Lipinski definition) is 6. The van der Waals surface area contributed by atoms with E-state index in [0.717, 1.165) is 54.9 Å². The highest BCUT2D eigenvalue weighted by molar-refractivity contribution is 6.33. The molecule has 28 heavy (non-hydrogen) atoms. The van der Waals surface area contributed by atoms with Gasteiger partial charge in [-0.05, 0) is 31.2 Å². The number of aromatic nitrogens is 2. The lowest BCUT2D eigenvalue weighted by Gasteiger charge is -2.30. The SMILES string of the molecule is Cc1cc(Nc2ccccc2N2CCOCC2)nc(Nc2ccccc2Cl)n1. The van der Waals surface area contributed by atoms with Gasteiger partial charge in [0, 0.05) is 24.8 Å². The number of para-hydroxylation sites is 3. The van der Waals surface area contributed by atoms with Crippen molar-refractivity contribution in [2.45, 2.75) is 6.92 Å². The minimum atomic E-state index is 0.499. The van der Waals surface area contributed by atoms with Gasteiger partial charge in [-0.15, -0.1) is 0 Å². The second kappa shape index (κ2) is 8.46. The highest BCUT2D eigenvalue weighted by atomic mass is 35.5. The zero-order valence-electron chi connectivity index (χ0n) is 15.7. The fourth-order valence-corrected chi connectivity index (χ4v) is 3.35. The summed E-state index contributed by atoms with van der Waals surface area (Å²) in [7, 11) is 0. The molecular formula is C21H22ClN5O. The monoisotopic (exact) mass is 395 g/mol. The predicted octanol–water partition coefficient (Wildman–Crippen LogP) is 4.76. The Labute approximate surface area is 169 Å². The Balaban J connectivity index is 1.59. The number of hydrogen-bond donors (Lipinski definition) is 2. The summed E-state index contributed by atoms with van der Waals surface area (Å²) in [5, 5.41) is 7.27. The lowest BCUT2D eigenvalue weighted by atomic mass is 10.2. The van der Waals surface area contributed by atoms with Crippen molar-refractivity contribution in [1.82, 2.24) is 9.97 Å². The van der Waals surface area contributed by atoms with Crippen LogP contribution in [0.5, 0.6) is 0 Å². The summed E-state index contributed by atoms with van der Waals surface area (Å²) in [6.07, 6.45) is 0. The zero-order valence-corrected chi connectivity index (χ0v) is 16.4. The summed E-state index contributed by atoms with van der Waals surface area (Å²) in [5.41, 5.74) is 3.78. The van der Waals surface area contributed by atoms with Crippen LogP contribution >= 0.6 is 11.6 Å². The first-order valence-corrected chi connectivity index (χ1v) is 9.63. The van der Waals surface area contributed by atoms with Crippen molar-refractivity contribution in [3.8, 4) is 0 Å². The molecule has 2 heterocycles. The number of aryl methyl sites for hydroxylation is 1. The van der Waals surface area contributed by atoms with E-state index in [2.05, 4.69) is 37.6 Å². The van der Waals surface area contributed by atoms with Gasteiger partial charge in [0.25, 0.3) is 0 Å². The van der Waals surface area contributed by atoms with Gasteiger partial charge in [0.15, 0.2) is 0 Å². The number of nitrogens with one attached hydrogen (secondary N) is 2. The van der Waals surface area contributed by atoms with Crippen molar-refractivity contribution in [3.05, 3.63) is 65.3 Å². The molecule has 1 aromatic heterocycles. The Bertz CT molecular complexity index is 959. The van der Waals surface area contributed by atoms with Crippen molar-refractivity contribution in [3.63, 3.8) is 0 Å². The topological polar surface area (TPSA) is 62.3 Å². The molecule has 4 rings (SSSR count). The first-order valence-electron chi connectivity index (χ1n) is 9.25. The van der Waals surface area contributed by atoms with Gasteiger partial charge in [0.2, 0.25) is 5.95 Å². The van der Waals surface area contributed by atoms with Gasteiger partial charge in [0.05, 0.1) is 35.3 Å². The van der Waals surface area contributed by atoms with Gasteiger partial charge < -0.3 is 20.3 Å². The summed E-state index contributed by atoms with van der Waals surface area (Å²) in [6.45, 7) is 5.18. The van der Waals surface area contributed by atoms with Crippen molar-refractivity contribution in [2.75, 3.05) is 41.8 Å². The Kier molecular flexibility index (Phi) is 5.60. The Morgan fingerprint density at radius 3 is 2.43 bits per heavy atom. The Morgan fingerprint density at radius 2 is 1.64 bits per heavy atom. The minimum absolute atomic E-state index is 0.499. The van der Waals surface area contributed by atoms with Gasteiger partial charge in [-0.25, -0.2) is 4.98 Å². The fourth-order valence-electron chi connectivity index (χ4n) is 3.17. The van der Waals surface area contributed by atoms with Crippen LogP contribution in [0, 0.1) is 6.92 Å². The number of morpholine rings is 1. The van der Waals surface area contributed by atoms with Crippen molar-refractivity contribution < 1.29 is 4.74 Å². The molecule has 0 bridgehead atoms. The van der Waals surface area contributed by atoms with E-state index in [1.165, 1.54) is 0 Å². The molecule has 3 aromatic rings. The summed E-state index contributed by atoms with van der Waals surface area (Å²) in [6, 6.07) is 17.7. The van der Waals surface area contributed by atoms with Gasteiger partial charge in [-0.2, -0.15) is 4.98 Å². The molecule has 0 aliphatic carbocycles. The second-order valence-electron chi connectivity index (χ2n) is 6.56. The molecule has 0 unspecified atom stereocenters. The number of ether oxygens (including phenoxy) is 1. The van der Waals surface area contributed by atoms with Gasteiger partial charge >= 0.3 is 0 Å². The van der Waals surface area contributed by atoms with Crippen LogP contribution in [0.15, 0.2) is 54.6 Å². The molecule has 0 radical (unpaired) electrons. The maximum absolute atomic E-state index is 6.24. The maximum atomic E-state index is 6.24. The molecule has 144 valence electrons. The smallest absolute Gasteiger partial charge is 0.229 e. The van der Waals surface area contributed by atoms with Crippen LogP contribution < -0.4 is 15.5 Å². The van der Waals surface area contributed by atoms with E-state index in [0.29, 0.717) is 11.0 Å². The quantitative estimate of drug-likeness (QED) is 0.649. The largest absolute Gasteiger partial charge is 0.378 e.